The molecule has 0 fully saturated rings. The Morgan fingerprint density at radius 1 is 1.38 bits per heavy atom. The zero-order chi connectivity index (χ0) is 19.4. The number of hydrogen-bond acceptors (Lipinski definition) is 6. The van der Waals surface area contributed by atoms with Gasteiger partial charge >= 0.3 is 6.18 Å². The molecule has 4 N–H and O–H groups in total. The van der Waals surface area contributed by atoms with Crippen LogP contribution < -0.4 is 16.4 Å². The summed E-state index contributed by atoms with van der Waals surface area (Å²) in [4.78, 5) is 15.7. The van der Waals surface area contributed by atoms with Crippen molar-refractivity contribution < 1.29 is 13.2 Å². The quantitative estimate of drug-likeness (QED) is 0.214. The van der Waals surface area contributed by atoms with Crippen molar-refractivity contribution in [3.8, 4) is 6.19 Å². The van der Waals surface area contributed by atoms with Gasteiger partial charge in [0.1, 0.15) is 18.2 Å². The molecule has 26 heavy (non-hydrogen) atoms. The Balaban J connectivity index is 2.46. The molecule has 12 heteroatoms. The summed E-state index contributed by atoms with van der Waals surface area (Å²) in [6.45, 7) is -0.803. The average molecular weight is 388 g/mol. The molecular formula is C14H19F3N8S. The van der Waals surface area contributed by atoms with Crippen LogP contribution in [0.3, 0.4) is 0 Å². The van der Waals surface area contributed by atoms with Crippen LogP contribution in [0.1, 0.15) is 18.7 Å². The maximum absolute atomic E-state index is 12.1. The van der Waals surface area contributed by atoms with Gasteiger partial charge < -0.3 is 11.1 Å². The average Bonchev–Trinajstić information content (AvgIpc) is 2.58. The molecule has 1 rings (SSSR count). The normalized spacial score (nSPS) is 12.6. The molecule has 0 aromatic carbocycles. The van der Waals surface area contributed by atoms with Gasteiger partial charge in [0.05, 0.1) is 0 Å². The fraction of sp³-hybridized carbons (Fsp3) is 0.500. The topological polar surface area (TPSA) is 124 Å². The van der Waals surface area contributed by atoms with E-state index in [4.69, 9.17) is 11.0 Å². The van der Waals surface area contributed by atoms with Gasteiger partial charge in [-0.05, 0) is 25.2 Å². The molecule has 1 heterocycles. The van der Waals surface area contributed by atoms with Crippen LogP contribution in [0, 0.1) is 11.5 Å². The summed E-state index contributed by atoms with van der Waals surface area (Å²) in [6.07, 6.45) is 2.82. The van der Waals surface area contributed by atoms with Crippen molar-refractivity contribution in [3.05, 3.63) is 18.1 Å². The summed E-state index contributed by atoms with van der Waals surface area (Å²) in [5, 5.41) is 14.1. The van der Waals surface area contributed by atoms with E-state index in [1.807, 2.05) is 12.4 Å². The number of nitrogens with zero attached hydrogens (tertiary/aromatic N) is 5. The van der Waals surface area contributed by atoms with Gasteiger partial charge in [0.15, 0.2) is 17.3 Å². The lowest BCUT2D eigenvalue weighted by Gasteiger charge is -2.07. The van der Waals surface area contributed by atoms with Crippen LogP contribution in [0.15, 0.2) is 22.2 Å². The number of aryl methyl sites for hydroxylation is 1. The number of guanidine groups is 1. The molecule has 0 spiro atoms. The van der Waals surface area contributed by atoms with Gasteiger partial charge in [-0.3, -0.25) is 10.3 Å². The highest BCUT2D eigenvalue weighted by Crippen LogP contribution is 2.14. The number of aromatic nitrogens is 2. The summed E-state index contributed by atoms with van der Waals surface area (Å²) in [5.74, 6) is 0.443. The summed E-state index contributed by atoms with van der Waals surface area (Å²) < 4.78 is 36.3. The van der Waals surface area contributed by atoms with Crippen molar-refractivity contribution in [1.82, 2.24) is 15.3 Å². The Morgan fingerprint density at radius 3 is 2.81 bits per heavy atom. The zero-order valence-corrected chi connectivity index (χ0v) is 14.9. The van der Waals surface area contributed by atoms with E-state index >= 15 is 0 Å². The minimum absolute atomic E-state index is 0.277. The van der Waals surface area contributed by atoms with Crippen LogP contribution in [0.5, 0.6) is 0 Å². The smallest absolute Gasteiger partial charge is 0.370 e. The lowest BCUT2D eigenvalue weighted by Crippen LogP contribution is -2.26. The van der Waals surface area contributed by atoms with Crippen molar-refractivity contribution in [2.24, 2.45) is 15.7 Å². The van der Waals surface area contributed by atoms with Crippen LogP contribution in [0.2, 0.25) is 0 Å². The summed E-state index contributed by atoms with van der Waals surface area (Å²) in [7, 11) is 0. The molecular weight excluding hydrogens is 369 g/mol. The highest BCUT2D eigenvalue weighted by atomic mass is 32.2. The second-order valence-electron chi connectivity index (χ2n) is 4.88. The molecule has 0 saturated carbocycles. The fourth-order valence-corrected chi connectivity index (χ4v) is 2.08. The first kappa shape index (κ1) is 21.5. The van der Waals surface area contributed by atoms with E-state index in [-0.39, 0.29) is 11.8 Å². The first-order valence-electron chi connectivity index (χ1n) is 7.53. The van der Waals surface area contributed by atoms with Gasteiger partial charge in [-0.2, -0.15) is 18.4 Å². The standard InChI is InChI=1S/C14H19F3N8S/c1-26-13(23-9-18)21-6-3-2-4-10-20-7-5-11(24-10)25-12(19)22-8-14(15,16)17/h5,7H,2-4,6,8H2,1H3,(H,21,23)(H3,19,20,22,24,25). The van der Waals surface area contributed by atoms with Gasteiger partial charge in [0, 0.05) is 19.2 Å². The van der Waals surface area contributed by atoms with Crippen LogP contribution in [0.25, 0.3) is 0 Å². The predicted octanol–water partition coefficient (Wildman–Crippen LogP) is 1.88. The zero-order valence-electron chi connectivity index (χ0n) is 14.0. The number of amidine groups is 1. The predicted molar refractivity (Wildman–Crippen MR) is 95.7 cm³/mol. The fourth-order valence-electron chi connectivity index (χ4n) is 1.71. The first-order chi connectivity index (χ1) is 12.3. The maximum Gasteiger partial charge on any atom is 0.408 e. The molecule has 0 saturated heterocycles. The third-order valence-electron chi connectivity index (χ3n) is 2.81. The molecule has 142 valence electrons. The second kappa shape index (κ2) is 11.1. The van der Waals surface area contributed by atoms with E-state index in [2.05, 4.69) is 30.6 Å². The molecule has 0 aliphatic carbocycles. The highest BCUT2D eigenvalue weighted by Gasteiger charge is 2.26. The summed E-state index contributed by atoms with van der Waals surface area (Å²) in [6, 6.07) is 1.49. The van der Waals surface area contributed by atoms with Gasteiger partial charge in [0.2, 0.25) is 0 Å². The van der Waals surface area contributed by atoms with E-state index in [1.165, 1.54) is 24.0 Å². The molecule has 0 aliphatic heterocycles. The minimum Gasteiger partial charge on any atom is -0.370 e. The second-order valence-corrected chi connectivity index (χ2v) is 5.68. The molecule has 0 atom stereocenters. The molecule has 0 unspecified atom stereocenters. The summed E-state index contributed by atoms with van der Waals surface area (Å²) in [5.41, 5.74) is 5.40. The van der Waals surface area contributed by atoms with E-state index < -0.39 is 12.7 Å². The van der Waals surface area contributed by atoms with Gasteiger partial charge in [-0.25, -0.2) is 15.0 Å². The Hall–Kier alpha value is -2.55. The van der Waals surface area contributed by atoms with Gasteiger partial charge in [-0.15, -0.1) is 0 Å². The number of nitriles is 1. The van der Waals surface area contributed by atoms with E-state index in [9.17, 15) is 13.2 Å². The monoisotopic (exact) mass is 388 g/mol. The van der Waals surface area contributed by atoms with E-state index in [1.54, 1.807) is 0 Å². The van der Waals surface area contributed by atoms with Gasteiger partial charge in [0.25, 0.3) is 0 Å². The number of thioether (sulfide) groups is 1. The molecule has 0 amide bonds. The summed E-state index contributed by atoms with van der Waals surface area (Å²) >= 11 is 1.35. The molecule has 0 radical (unpaired) electrons. The maximum atomic E-state index is 12.1. The van der Waals surface area contributed by atoms with Crippen molar-refractivity contribution in [2.75, 3.05) is 24.7 Å². The molecule has 0 aliphatic rings. The first-order valence-corrected chi connectivity index (χ1v) is 8.75. The Labute approximate surface area is 153 Å². The Morgan fingerprint density at radius 2 is 2.15 bits per heavy atom. The number of hydrogen-bond donors (Lipinski definition) is 3. The third-order valence-corrected chi connectivity index (χ3v) is 3.43. The van der Waals surface area contributed by atoms with E-state index in [0.29, 0.717) is 24.0 Å². The van der Waals surface area contributed by atoms with Crippen molar-refractivity contribution in [1.29, 1.82) is 5.26 Å². The van der Waals surface area contributed by atoms with Crippen molar-refractivity contribution in [3.63, 3.8) is 0 Å². The largest absolute Gasteiger partial charge is 0.408 e. The lowest BCUT2D eigenvalue weighted by atomic mass is 10.2. The minimum atomic E-state index is -4.41. The van der Waals surface area contributed by atoms with E-state index in [0.717, 1.165) is 12.8 Å². The van der Waals surface area contributed by atoms with Crippen LogP contribution in [-0.4, -0.2) is 46.6 Å². The van der Waals surface area contributed by atoms with Crippen molar-refractivity contribution >= 4 is 28.7 Å². The van der Waals surface area contributed by atoms with Crippen LogP contribution in [-0.2, 0) is 6.42 Å². The highest BCUT2D eigenvalue weighted by molar-refractivity contribution is 8.13. The number of rotatable bonds is 7. The Bertz CT molecular complexity index is 669. The molecule has 1 aromatic heterocycles. The number of halogens is 3. The number of nitrogens with two attached hydrogens (primary N) is 1. The van der Waals surface area contributed by atoms with Crippen LogP contribution in [0.4, 0.5) is 19.0 Å². The number of aliphatic imine (C=N–C) groups is 2. The Kier molecular flexibility index (Phi) is 9.21. The molecule has 1 aromatic rings. The SMILES string of the molecule is CSC(=NCCCCc1nccc(NC(N)=NCC(F)(F)F)n1)NC#N. The number of alkyl halides is 3. The third kappa shape index (κ3) is 9.67. The number of nitrogens with one attached hydrogen (secondary N) is 2. The number of unbranched alkanes of at least 4 members (excludes halogenated alkanes) is 1. The lowest BCUT2D eigenvalue weighted by molar-refractivity contribution is -0.118. The van der Waals surface area contributed by atoms with Crippen molar-refractivity contribution in [2.45, 2.75) is 25.4 Å². The molecule has 8 nitrogen and oxygen atoms in total. The van der Waals surface area contributed by atoms with Gasteiger partial charge in [-0.1, -0.05) is 11.8 Å². The number of anilines is 1. The van der Waals surface area contributed by atoms with Crippen LogP contribution >= 0.6 is 11.8 Å². The molecule has 0 bridgehead atoms.